The lowest BCUT2D eigenvalue weighted by Crippen LogP contribution is -1.64. The van der Waals surface area contributed by atoms with Crippen molar-refractivity contribution in [2.45, 2.75) is 12.8 Å². The SMILES string of the molecule is C=CC/C=C/CCCl. The molecule has 0 radical (unpaired) electrons. The molecule has 0 fully saturated rings. The Labute approximate surface area is 55.9 Å². The predicted molar refractivity (Wildman–Crippen MR) is 39.3 cm³/mol. The van der Waals surface area contributed by atoms with Gasteiger partial charge in [-0.3, -0.25) is 0 Å². The van der Waals surface area contributed by atoms with E-state index in [4.69, 9.17) is 11.6 Å². The van der Waals surface area contributed by atoms with Crippen LogP contribution >= 0.6 is 11.6 Å². The molecule has 0 aromatic rings. The van der Waals surface area contributed by atoms with Gasteiger partial charge in [0.15, 0.2) is 0 Å². The van der Waals surface area contributed by atoms with Crippen molar-refractivity contribution in [3.05, 3.63) is 24.8 Å². The molecule has 0 aliphatic carbocycles. The highest BCUT2D eigenvalue weighted by atomic mass is 35.5. The van der Waals surface area contributed by atoms with Crippen LogP contribution in [0.15, 0.2) is 24.8 Å². The second-order valence-corrected chi connectivity index (χ2v) is 1.85. The van der Waals surface area contributed by atoms with E-state index in [9.17, 15) is 0 Å². The molecule has 8 heavy (non-hydrogen) atoms. The number of halogens is 1. The maximum absolute atomic E-state index is 5.40. The van der Waals surface area contributed by atoms with Crippen molar-refractivity contribution in [2.75, 3.05) is 5.88 Å². The van der Waals surface area contributed by atoms with Crippen LogP contribution in [0, 0.1) is 0 Å². The topological polar surface area (TPSA) is 0 Å². The lowest BCUT2D eigenvalue weighted by Gasteiger charge is -1.79. The lowest BCUT2D eigenvalue weighted by atomic mass is 10.3. The third kappa shape index (κ3) is 5.77. The van der Waals surface area contributed by atoms with Crippen molar-refractivity contribution < 1.29 is 0 Å². The fourth-order valence-corrected chi connectivity index (χ4v) is 0.499. The van der Waals surface area contributed by atoms with E-state index in [1.807, 2.05) is 6.08 Å². The molecule has 0 unspecified atom stereocenters. The average molecular weight is 131 g/mol. The van der Waals surface area contributed by atoms with Crippen molar-refractivity contribution in [1.82, 2.24) is 0 Å². The second-order valence-electron chi connectivity index (χ2n) is 1.47. The van der Waals surface area contributed by atoms with E-state index in [2.05, 4.69) is 18.7 Å². The Morgan fingerprint density at radius 2 is 2.12 bits per heavy atom. The first-order chi connectivity index (χ1) is 3.91. The zero-order valence-corrected chi connectivity index (χ0v) is 5.69. The normalized spacial score (nSPS) is 10.1. The Morgan fingerprint density at radius 3 is 2.62 bits per heavy atom. The zero-order valence-electron chi connectivity index (χ0n) is 4.94. The Balaban J connectivity index is 2.94. The molecule has 0 bridgehead atoms. The van der Waals surface area contributed by atoms with Crippen molar-refractivity contribution in [3.63, 3.8) is 0 Å². The van der Waals surface area contributed by atoms with E-state index >= 15 is 0 Å². The van der Waals surface area contributed by atoms with Gasteiger partial charge in [-0.15, -0.1) is 18.2 Å². The smallest absolute Gasteiger partial charge is 0.0258 e. The molecule has 0 aliphatic rings. The fraction of sp³-hybridized carbons (Fsp3) is 0.429. The van der Waals surface area contributed by atoms with Gasteiger partial charge in [0.1, 0.15) is 0 Å². The third-order valence-corrected chi connectivity index (χ3v) is 0.963. The highest BCUT2D eigenvalue weighted by molar-refractivity contribution is 6.17. The number of rotatable bonds is 4. The van der Waals surface area contributed by atoms with E-state index < -0.39 is 0 Å². The summed E-state index contributed by atoms with van der Waals surface area (Å²) in [6.07, 6.45) is 7.92. The van der Waals surface area contributed by atoms with Crippen molar-refractivity contribution in [2.24, 2.45) is 0 Å². The van der Waals surface area contributed by atoms with Crippen LogP contribution in [0.5, 0.6) is 0 Å². The van der Waals surface area contributed by atoms with E-state index in [-0.39, 0.29) is 0 Å². The Kier molecular flexibility index (Phi) is 6.58. The van der Waals surface area contributed by atoms with Crippen LogP contribution in [0.25, 0.3) is 0 Å². The largest absolute Gasteiger partial charge is 0.126 e. The van der Waals surface area contributed by atoms with Crippen molar-refractivity contribution in [1.29, 1.82) is 0 Å². The van der Waals surface area contributed by atoms with Gasteiger partial charge in [0.25, 0.3) is 0 Å². The molecule has 1 heteroatoms. The van der Waals surface area contributed by atoms with Crippen LogP contribution in [0.4, 0.5) is 0 Å². The summed E-state index contributed by atoms with van der Waals surface area (Å²) in [7, 11) is 0. The molecule has 0 saturated carbocycles. The van der Waals surface area contributed by atoms with Gasteiger partial charge >= 0.3 is 0 Å². The minimum atomic E-state index is 0.716. The molecular weight excluding hydrogens is 120 g/mol. The zero-order chi connectivity index (χ0) is 6.24. The molecule has 0 amide bonds. The van der Waals surface area contributed by atoms with E-state index in [1.165, 1.54) is 0 Å². The minimum Gasteiger partial charge on any atom is -0.126 e. The molecule has 46 valence electrons. The summed E-state index contributed by atoms with van der Waals surface area (Å²) in [5.74, 6) is 0.716. The summed E-state index contributed by atoms with van der Waals surface area (Å²) in [6.45, 7) is 3.57. The summed E-state index contributed by atoms with van der Waals surface area (Å²) >= 11 is 5.40. The van der Waals surface area contributed by atoms with Crippen molar-refractivity contribution >= 4 is 11.6 Å². The van der Waals surface area contributed by atoms with Crippen LogP contribution in [0.2, 0.25) is 0 Å². The predicted octanol–water partition coefficient (Wildman–Crippen LogP) is 2.75. The van der Waals surface area contributed by atoms with Crippen LogP contribution in [-0.2, 0) is 0 Å². The highest BCUT2D eigenvalue weighted by Gasteiger charge is 1.71. The molecule has 0 aliphatic heterocycles. The molecule has 0 heterocycles. The minimum absolute atomic E-state index is 0.716. The molecule has 0 aromatic heterocycles. The molecule has 0 N–H and O–H groups in total. The van der Waals surface area contributed by atoms with Gasteiger partial charge in [0.2, 0.25) is 0 Å². The molecule has 0 aromatic carbocycles. The molecular formula is C7H11Cl. The third-order valence-electron chi connectivity index (χ3n) is 0.745. The summed E-state index contributed by atoms with van der Waals surface area (Å²) in [6, 6.07) is 0. The first kappa shape index (κ1) is 7.77. The van der Waals surface area contributed by atoms with Gasteiger partial charge in [0.05, 0.1) is 0 Å². The second kappa shape index (κ2) is 6.77. The maximum atomic E-state index is 5.40. The first-order valence-electron chi connectivity index (χ1n) is 2.73. The summed E-state index contributed by atoms with van der Waals surface area (Å²) < 4.78 is 0. The van der Waals surface area contributed by atoms with Crippen LogP contribution in [0.1, 0.15) is 12.8 Å². The molecule has 0 saturated heterocycles. The number of allylic oxidation sites excluding steroid dienone is 3. The molecule has 0 atom stereocenters. The van der Waals surface area contributed by atoms with Crippen LogP contribution in [0.3, 0.4) is 0 Å². The van der Waals surface area contributed by atoms with Gasteiger partial charge in [-0.25, -0.2) is 0 Å². The van der Waals surface area contributed by atoms with Gasteiger partial charge in [-0.05, 0) is 12.8 Å². The first-order valence-corrected chi connectivity index (χ1v) is 3.27. The molecule has 0 rings (SSSR count). The number of alkyl halides is 1. The van der Waals surface area contributed by atoms with Gasteiger partial charge in [0, 0.05) is 5.88 Å². The molecule has 0 spiro atoms. The Hall–Kier alpha value is -0.230. The van der Waals surface area contributed by atoms with Gasteiger partial charge in [-0.1, -0.05) is 18.2 Å². The Morgan fingerprint density at radius 1 is 1.38 bits per heavy atom. The number of hydrogen-bond donors (Lipinski definition) is 0. The summed E-state index contributed by atoms with van der Waals surface area (Å²) in [4.78, 5) is 0. The lowest BCUT2D eigenvalue weighted by molar-refractivity contribution is 1.21. The Bertz CT molecular complexity index is 74.5. The summed E-state index contributed by atoms with van der Waals surface area (Å²) in [5.41, 5.74) is 0. The van der Waals surface area contributed by atoms with Crippen LogP contribution in [-0.4, -0.2) is 5.88 Å². The van der Waals surface area contributed by atoms with Gasteiger partial charge in [-0.2, -0.15) is 0 Å². The average Bonchev–Trinajstić information content (AvgIpc) is 1.81. The molecule has 0 nitrogen and oxygen atoms in total. The van der Waals surface area contributed by atoms with E-state index in [0.29, 0.717) is 5.88 Å². The quantitative estimate of drug-likeness (QED) is 0.406. The van der Waals surface area contributed by atoms with Gasteiger partial charge < -0.3 is 0 Å². The fourth-order valence-electron chi connectivity index (χ4n) is 0.373. The van der Waals surface area contributed by atoms with Crippen LogP contribution < -0.4 is 0 Å². The standard InChI is InChI=1S/C7H11Cl/c1-2-3-4-5-6-7-8/h2,4-5H,1,3,6-7H2/b5-4+. The highest BCUT2D eigenvalue weighted by Crippen LogP contribution is 1.89. The van der Waals surface area contributed by atoms with E-state index in [0.717, 1.165) is 12.8 Å². The number of hydrogen-bond acceptors (Lipinski definition) is 0. The monoisotopic (exact) mass is 130 g/mol. The maximum Gasteiger partial charge on any atom is 0.0258 e. The van der Waals surface area contributed by atoms with Crippen molar-refractivity contribution in [3.8, 4) is 0 Å². The van der Waals surface area contributed by atoms with E-state index in [1.54, 1.807) is 0 Å². The summed E-state index contributed by atoms with van der Waals surface area (Å²) in [5, 5.41) is 0.